The van der Waals surface area contributed by atoms with Crippen molar-refractivity contribution in [3.8, 4) is 0 Å². The Balaban J connectivity index is 1.03. The van der Waals surface area contributed by atoms with Gasteiger partial charge in [-0.15, -0.1) is 0 Å². The second-order valence-electron chi connectivity index (χ2n) is 18.6. The topological polar surface area (TPSA) is 190 Å². The van der Waals surface area contributed by atoms with Gasteiger partial charge in [0.15, 0.2) is 37.2 Å². The Morgan fingerprint density at radius 2 is 0.897 bits per heavy atom. The van der Waals surface area contributed by atoms with Crippen molar-refractivity contribution in [1.29, 1.82) is 0 Å². The lowest BCUT2D eigenvalue weighted by molar-refractivity contribution is -0.378. The smallest absolute Gasteiger partial charge is 0.338 e. The summed E-state index contributed by atoms with van der Waals surface area (Å²) in [7, 11) is 0. The summed E-state index contributed by atoms with van der Waals surface area (Å²) in [5.41, 5.74) is 3.13. The molecule has 1 unspecified atom stereocenters. The third kappa shape index (κ3) is 13.3. The maximum atomic E-state index is 14.4. The number of carboxylic acids is 1. The van der Waals surface area contributed by atoms with E-state index in [0.29, 0.717) is 0 Å². The van der Waals surface area contributed by atoms with Gasteiger partial charge in [-0.05, 0) is 59.2 Å². The first kappa shape index (κ1) is 53.5. The molecule has 0 saturated carbocycles. The van der Waals surface area contributed by atoms with E-state index in [0.717, 1.165) is 16.7 Å². The molecule has 3 fully saturated rings. The number of hydrogen-bond acceptors (Lipinski definition) is 15. The van der Waals surface area contributed by atoms with Gasteiger partial charge in [-0.1, -0.05) is 164 Å². The zero-order valence-electron chi connectivity index (χ0n) is 42.1. The predicted octanol–water partition coefficient (Wildman–Crippen LogP) is 9.33. The summed E-state index contributed by atoms with van der Waals surface area (Å²) < 4.78 is 72.4. The number of rotatable bonds is 20. The second kappa shape index (κ2) is 26.0. The highest BCUT2D eigenvalue weighted by Crippen LogP contribution is 2.39. The van der Waals surface area contributed by atoms with Crippen molar-refractivity contribution in [2.75, 3.05) is 13.2 Å². The molecule has 3 saturated heterocycles. The molecule has 0 radical (unpaired) electrons. The lowest BCUT2D eigenvalue weighted by Gasteiger charge is -2.49. The molecule has 0 bridgehead atoms. The van der Waals surface area contributed by atoms with Gasteiger partial charge < -0.3 is 57.2 Å². The third-order valence-corrected chi connectivity index (χ3v) is 13.4. The molecule has 3 aliphatic heterocycles. The van der Waals surface area contributed by atoms with Crippen LogP contribution in [0.25, 0.3) is 0 Å². The van der Waals surface area contributed by atoms with Crippen LogP contribution in [0.15, 0.2) is 206 Å². The largest absolute Gasteiger partial charge is 0.478 e. The molecule has 0 aliphatic carbocycles. The summed E-state index contributed by atoms with van der Waals surface area (Å²) in [5, 5.41) is 10.1. The maximum Gasteiger partial charge on any atom is 0.338 e. The SMILES string of the molecule is O=C(O[C@@H]1[C@@H](OC(=O)c2ccccc2)[C@H](OCc2ccccc2C(=O)O)O[C@H](CO[C@@H]2O[C@@H]3COC(c4ccccc4)O[C@H]3[C@H](OCc3ccccc3)[C@@H]2OCc2ccccc2)[C@H]1OC(=O)c1ccccc1)c1ccccc1. The second-order valence-corrected chi connectivity index (χ2v) is 18.6. The quantitative estimate of drug-likeness (QED) is 0.0561. The van der Waals surface area contributed by atoms with E-state index in [-0.39, 0.29) is 54.2 Å². The first-order valence-corrected chi connectivity index (χ1v) is 25.5. The number of hydrogen-bond donors (Lipinski definition) is 1. The van der Waals surface area contributed by atoms with Crippen LogP contribution in [0.5, 0.6) is 0 Å². The Morgan fingerprint density at radius 3 is 1.45 bits per heavy atom. The molecule has 0 spiro atoms. The molecule has 16 heteroatoms. The predicted molar refractivity (Wildman–Crippen MR) is 278 cm³/mol. The number of carboxylic acid groups (broad SMARTS) is 1. The van der Waals surface area contributed by atoms with Gasteiger partial charge in [-0.25, -0.2) is 19.2 Å². The lowest BCUT2D eigenvalue weighted by atomic mass is 9.96. The molecular weight excluding hydrogens is 1000 g/mol. The number of fused-ring (bicyclic) bond motifs is 1. The zero-order valence-corrected chi connectivity index (χ0v) is 42.1. The molecule has 3 aliphatic rings. The Bertz CT molecular complexity index is 3040. The fourth-order valence-corrected chi connectivity index (χ4v) is 9.42. The van der Waals surface area contributed by atoms with Crippen molar-refractivity contribution in [3.63, 3.8) is 0 Å². The Kier molecular flexibility index (Phi) is 17.8. The van der Waals surface area contributed by atoms with E-state index >= 15 is 0 Å². The number of benzene rings is 7. The van der Waals surface area contributed by atoms with Gasteiger partial charge >= 0.3 is 23.9 Å². The van der Waals surface area contributed by atoms with Crippen LogP contribution >= 0.6 is 0 Å². The van der Waals surface area contributed by atoms with Crippen LogP contribution < -0.4 is 0 Å². The number of aromatic carboxylic acids is 1. The molecule has 7 aromatic rings. The van der Waals surface area contributed by atoms with E-state index in [9.17, 15) is 24.3 Å². The van der Waals surface area contributed by atoms with E-state index in [2.05, 4.69) is 0 Å². The Morgan fingerprint density at radius 1 is 0.436 bits per heavy atom. The molecule has 400 valence electrons. The summed E-state index contributed by atoms with van der Waals surface area (Å²) in [4.78, 5) is 55.3. The van der Waals surface area contributed by atoms with Crippen molar-refractivity contribution >= 4 is 23.9 Å². The summed E-state index contributed by atoms with van der Waals surface area (Å²) in [6.45, 7) is -0.519. The minimum atomic E-state index is -1.67. The van der Waals surface area contributed by atoms with Crippen LogP contribution in [-0.2, 0) is 71.9 Å². The Labute approximate surface area is 450 Å². The van der Waals surface area contributed by atoms with E-state index in [1.54, 1.807) is 84.9 Å². The molecule has 78 heavy (non-hydrogen) atoms. The van der Waals surface area contributed by atoms with Gasteiger partial charge in [0, 0.05) is 5.56 Å². The van der Waals surface area contributed by atoms with E-state index in [1.165, 1.54) is 30.3 Å². The standard InChI is InChI=1S/C62H56O16/c63-56(64)47-34-20-19-33-46(47)37-70-62-55(77-59(67)44-29-15-5-16-30-44)53(76-58(66)43-27-13-4-14-28-43)51(75-57(65)42-25-11-3-12-26-42)49(74-62)39-72-61-54(69-36-41-23-9-2-10-24-41)52(68-35-40-21-7-1-8-22-40)50-48(73-61)38-71-60(78-50)45-31-17-6-18-32-45/h1-34,48-55,60-62H,35-39H2,(H,63,64)/t48-,49-,50-,51-,52+,53+,54+,55-,60?,61-,62-/m1/s1. The van der Waals surface area contributed by atoms with Crippen molar-refractivity contribution in [3.05, 3.63) is 251 Å². The molecule has 0 amide bonds. The normalized spacial score (nSPS) is 24.7. The number of carbonyl (C=O) groups is 4. The highest BCUT2D eigenvalue weighted by atomic mass is 16.8. The monoisotopic (exact) mass is 1060 g/mol. The molecule has 11 atom stereocenters. The fourth-order valence-electron chi connectivity index (χ4n) is 9.42. The summed E-state index contributed by atoms with van der Waals surface area (Å²) in [6.07, 6.45) is -13.3. The summed E-state index contributed by atoms with van der Waals surface area (Å²) in [5.74, 6) is -3.77. The van der Waals surface area contributed by atoms with Crippen molar-refractivity contribution < 1.29 is 76.4 Å². The Hall–Kier alpha value is -7.90. The van der Waals surface area contributed by atoms with E-state index in [1.807, 2.05) is 91.0 Å². The molecule has 16 nitrogen and oxygen atoms in total. The lowest BCUT2D eigenvalue weighted by Crippen LogP contribution is -2.65. The van der Waals surface area contributed by atoms with Crippen molar-refractivity contribution in [2.24, 2.45) is 0 Å². The van der Waals surface area contributed by atoms with Gasteiger partial charge in [0.1, 0.15) is 30.5 Å². The zero-order chi connectivity index (χ0) is 53.6. The van der Waals surface area contributed by atoms with Gasteiger partial charge in [0.25, 0.3) is 0 Å². The molecule has 7 aromatic carbocycles. The number of esters is 3. The summed E-state index contributed by atoms with van der Waals surface area (Å²) in [6, 6.07) is 59.3. The van der Waals surface area contributed by atoms with Crippen LogP contribution in [0.4, 0.5) is 0 Å². The van der Waals surface area contributed by atoms with Crippen LogP contribution in [0, 0.1) is 0 Å². The van der Waals surface area contributed by atoms with Crippen LogP contribution in [0.3, 0.4) is 0 Å². The first-order chi connectivity index (χ1) is 38.3. The third-order valence-electron chi connectivity index (χ3n) is 13.4. The molecule has 1 N–H and O–H groups in total. The average molecular weight is 1060 g/mol. The minimum absolute atomic E-state index is 0.0585. The van der Waals surface area contributed by atoms with Gasteiger partial charge in [-0.3, -0.25) is 0 Å². The van der Waals surface area contributed by atoms with Crippen LogP contribution in [-0.4, -0.2) is 104 Å². The van der Waals surface area contributed by atoms with Crippen LogP contribution in [0.1, 0.15) is 70.0 Å². The van der Waals surface area contributed by atoms with Crippen molar-refractivity contribution in [1.82, 2.24) is 0 Å². The number of carbonyl (C=O) groups excluding carboxylic acids is 3. The maximum absolute atomic E-state index is 14.4. The first-order valence-electron chi connectivity index (χ1n) is 25.5. The summed E-state index contributed by atoms with van der Waals surface area (Å²) >= 11 is 0. The average Bonchev–Trinajstić information content (AvgIpc) is 3.63. The fraction of sp³-hybridized carbons (Fsp3) is 0.258. The van der Waals surface area contributed by atoms with E-state index in [4.69, 9.17) is 52.1 Å². The van der Waals surface area contributed by atoms with E-state index < -0.39 is 98.2 Å². The van der Waals surface area contributed by atoms with Crippen molar-refractivity contribution in [2.45, 2.75) is 87.5 Å². The highest BCUT2D eigenvalue weighted by molar-refractivity contribution is 5.91. The molecule has 10 rings (SSSR count). The molecule has 3 heterocycles. The number of ether oxygens (including phenoxy) is 11. The van der Waals surface area contributed by atoms with Gasteiger partial charge in [-0.2, -0.15) is 0 Å². The van der Waals surface area contributed by atoms with Crippen LogP contribution in [0.2, 0.25) is 0 Å². The molecule has 0 aromatic heterocycles. The minimum Gasteiger partial charge on any atom is -0.478 e. The molecular formula is C62H56O16. The van der Waals surface area contributed by atoms with Gasteiger partial charge in [0.05, 0.1) is 55.3 Å². The highest BCUT2D eigenvalue weighted by Gasteiger charge is 2.56. The van der Waals surface area contributed by atoms with Gasteiger partial charge in [0.2, 0.25) is 0 Å².